The second-order valence-electron chi connectivity index (χ2n) is 6.05. The van der Waals surface area contributed by atoms with Gasteiger partial charge in [0, 0.05) is 37.4 Å². The van der Waals surface area contributed by atoms with E-state index in [0.717, 1.165) is 12.6 Å². The van der Waals surface area contributed by atoms with E-state index in [1.807, 2.05) is 0 Å². The van der Waals surface area contributed by atoms with Crippen molar-refractivity contribution in [3.63, 3.8) is 0 Å². The van der Waals surface area contributed by atoms with Crippen LogP contribution in [0.25, 0.3) is 0 Å². The Morgan fingerprint density at radius 3 is 2.85 bits per heavy atom. The van der Waals surface area contributed by atoms with Crippen molar-refractivity contribution in [2.75, 3.05) is 38.0 Å². The molecule has 2 unspecified atom stereocenters. The van der Waals surface area contributed by atoms with E-state index in [0.29, 0.717) is 6.04 Å². The summed E-state index contributed by atoms with van der Waals surface area (Å²) in [6, 6.07) is 10.2. The third-order valence-corrected chi connectivity index (χ3v) is 5.04. The van der Waals surface area contributed by atoms with Gasteiger partial charge in [-0.3, -0.25) is 9.80 Å². The zero-order chi connectivity index (χ0) is 13.9. The molecule has 0 saturated carbocycles. The number of rotatable bonds is 4. The third-order valence-electron chi connectivity index (χ3n) is 5.04. The molecule has 0 bridgehead atoms. The van der Waals surface area contributed by atoms with Crippen molar-refractivity contribution in [2.45, 2.75) is 38.8 Å². The van der Waals surface area contributed by atoms with Crippen LogP contribution in [0.2, 0.25) is 0 Å². The van der Waals surface area contributed by atoms with Gasteiger partial charge in [0.25, 0.3) is 0 Å². The Labute approximate surface area is 123 Å². The fourth-order valence-electron chi connectivity index (χ4n) is 3.82. The Bertz CT molecular complexity index is 442. The van der Waals surface area contributed by atoms with E-state index < -0.39 is 0 Å². The molecule has 2 aliphatic rings. The summed E-state index contributed by atoms with van der Waals surface area (Å²) in [6.07, 6.45) is 2.54. The SMILES string of the molecule is CCN(CC)C1CCN(C2CNc3ccccc3C2)C1. The van der Waals surface area contributed by atoms with Gasteiger partial charge in [-0.15, -0.1) is 0 Å². The number of hydrogen-bond acceptors (Lipinski definition) is 3. The maximum Gasteiger partial charge on any atom is 0.0373 e. The van der Waals surface area contributed by atoms with Crippen LogP contribution in [-0.4, -0.2) is 54.6 Å². The lowest BCUT2D eigenvalue weighted by Gasteiger charge is -2.34. The molecule has 3 rings (SSSR count). The van der Waals surface area contributed by atoms with Crippen molar-refractivity contribution < 1.29 is 0 Å². The predicted octanol–water partition coefficient (Wildman–Crippen LogP) is 2.44. The molecule has 0 aromatic heterocycles. The Morgan fingerprint density at radius 2 is 2.05 bits per heavy atom. The molecule has 1 N–H and O–H groups in total. The number of likely N-dealkylation sites (N-methyl/N-ethyl adjacent to an activating group) is 1. The van der Waals surface area contributed by atoms with Gasteiger partial charge in [0.05, 0.1) is 0 Å². The highest BCUT2D eigenvalue weighted by Crippen LogP contribution is 2.26. The normalized spacial score (nSPS) is 26.6. The molecule has 0 radical (unpaired) electrons. The van der Waals surface area contributed by atoms with Crippen LogP contribution in [0.5, 0.6) is 0 Å². The summed E-state index contributed by atoms with van der Waals surface area (Å²) < 4.78 is 0. The standard InChI is InChI=1S/C17H27N3/c1-3-19(4-2)15-9-10-20(13-15)16-11-14-7-5-6-8-17(14)18-12-16/h5-8,15-16,18H,3-4,9-13H2,1-2H3. The summed E-state index contributed by atoms with van der Waals surface area (Å²) in [5, 5.41) is 3.61. The van der Waals surface area contributed by atoms with Crippen LogP contribution in [-0.2, 0) is 6.42 Å². The van der Waals surface area contributed by atoms with Crippen molar-refractivity contribution in [1.82, 2.24) is 9.80 Å². The Kier molecular flexibility index (Phi) is 4.27. The van der Waals surface area contributed by atoms with Crippen LogP contribution >= 0.6 is 0 Å². The maximum atomic E-state index is 3.61. The second-order valence-corrected chi connectivity index (χ2v) is 6.05. The molecular formula is C17H27N3. The minimum Gasteiger partial charge on any atom is -0.383 e. The van der Waals surface area contributed by atoms with Gasteiger partial charge in [-0.25, -0.2) is 0 Å². The quantitative estimate of drug-likeness (QED) is 0.909. The molecule has 0 amide bonds. The van der Waals surface area contributed by atoms with Crippen LogP contribution in [0.15, 0.2) is 24.3 Å². The van der Waals surface area contributed by atoms with Crippen LogP contribution in [0, 0.1) is 0 Å². The Morgan fingerprint density at radius 1 is 1.25 bits per heavy atom. The smallest absolute Gasteiger partial charge is 0.0373 e. The zero-order valence-electron chi connectivity index (χ0n) is 12.8. The van der Waals surface area contributed by atoms with Crippen LogP contribution in [0.3, 0.4) is 0 Å². The number of anilines is 1. The molecule has 110 valence electrons. The van der Waals surface area contributed by atoms with E-state index in [2.05, 4.69) is 53.2 Å². The highest BCUT2D eigenvalue weighted by atomic mass is 15.3. The van der Waals surface area contributed by atoms with Crippen molar-refractivity contribution in [3.05, 3.63) is 29.8 Å². The van der Waals surface area contributed by atoms with Gasteiger partial charge in [-0.05, 0) is 37.6 Å². The van der Waals surface area contributed by atoms with Crippen molar-refractivity contribution in [3.8, 4) is 0 Å². The monoisotopic (exact) mass is 273 g/mol. The Balaban J connectivity index is 1.62. The van der Waals surface area contributed by atoms with Gasteiger partial charge in [-0.1, -0.05) is 32.0 Å². The summed E-state index contributed by atoms with van der Waals surface area (Å²) in [5.74, 6) is 0. The van der Waals surface area contributed by atoms with E-state index >= 15 is 0 Å². The number of benzene rings is 1. The first-order valence-corrected chi connectivity index (χ1v) is 8.11. The molecule has 2 aliphatic heterocycles. The van der Waals surface area contributed by atoms with Crippen LogP contribution in [0.4, 0.5) is 5.69 Å². The van der Waals surface area contributed by atoms with Crippen LogP contribution < -0.4 is 5.32 Å². The van der Waals surface area contributed by atoms with Crippen molar-refractivity contribution in [2.24, 2.45) is 0 Å². The largest absolute Gasteiger partial charge is 0.383 e. The van der Waals surface area contributed by atoms with Gasteiger partial charge in [0.2, 0.25) is 0 Å². The molecule has 1 aromatic rings. The summed E-state index contributed by atoms with van der Waals surface area (Å²) >= 11 is 0. The average Bonchev–Trinajstić information content (AvgIpc) is 2.98. The molecule has 1 fully saturated rings. The van der Waals surface area contributed by atoms with Gasteiger partial charge in [0.1, 0.15) is 0 Å². The van der Waals surface area contributed by atoms with E-state index in [1.54, 1.807) is 0 Å². The molecule has 2 atom stereocenters. The fraction of sp³-hybridized carbons (Fsp3) is 0.647. The first kappa shape index (κ1) is 13.9. The molecule has 3 nitrogen and oxygen atoms in total. The molecule has 1 aromatic carbocycles. The first-order valence-electron chi connectivity index (χ1n) is 8.11. The first-order chi connectivity index (χ1) is 9.81. The van der Waals surface area contributed by atoms with Crippen LogP contribution in [0.1, 0.15) is 25.8 Å². The summed E-state index contributed by atoms with van der Waals surface area (Å²) in [6.45, 7) is 10.5. The third kappa shape index (κ3) is 2.70. The van der Waals surface area contributed by atoms with Gasteiger partial charge >= 0.3 is 0 Å². The molecule has 2 heterocycles. The lowest BCUT2D eigenvalue weighted by atomic mass is 9.99. The highest BCUT2D eigenvalue weighted by Gasteiger charge is 2.32. The predicted molar refractivity (Wildman–Crippen MR) is 85.3 cm³/mol. The number of nitrogens with one attached hydrogen (secondary N) is 1. The summed E-state index contributed by atoms with van der Waals surface area (Å²) in [5.41, 5.74) is 2.82. The maximum absolute atomic E-state index is 3.61. The molecule has 20 heavy (non-hydrogen) atoms. The van der Waals surface area contributed by atoms with Crippen molar-refractivity contribution >= 4 is 5.69 Å². The summed E-state index contributed by atoms with van der Waals surface area (Å²) in [7, 11) is 0. The minimum absolute atomic E-state index is 0.672. The van der Waals surface area contributed by atoms with E-state index in [1.165, 1.54) is 50.3 Å². The molecule has 0 aliphatic carbocycles. The zero-order valence-corrected chi connectivity index (χ0v) is 12.8. The molecule has 3 heteroatoms. The lowest BCUT2D eigenvalue weighted by molar-refractivity contribution is 0.189. The average molecular weight is 273 g/mol. The molecular weight excluding hydrogens is 246 g/mol. The molecule has 0 spiro atoms. The topological polar surface area (TPSA) is 18.5 Å². The second kappa shape index (κ2) is 6.15. The number of fused-ring (bicyclic) bond motifs is 1. The van der Waals surface area contributed by atoms with E-state index in [4.69, 9.17) is 0 Å². The van der Waals surface area contributed by atoms with Gasteiger partial charge in [-0.2, -0.15) is 0 Å². The van der Waals surface area contributed by atoms with E-state index in [9.17, 15) is 0 Å². The summed E-state index contributed by atoms with van der Waals surface area (Å²) in [4.78, 5) is 5.32. The minimum atomic E-state index is 0.672. The van der Waals surface area contributed by atoms with Crippen molar-refractivity contribution in [1.29, 1.82) is 0 Å². The number of hydrogen-bond donors (Lipinski definition) is 1. The Hall–Kier alpha value is -1.06. The highest BCUT2D eigenvalue weighted by molar-refractivity contribution is 5.53. The fourth-order valence-corrected chi connectivity index (χ4v) is 3.82. The number of para-hydroxylation sites is 1. The van der Waals surface area contributed by atoms with E-state index in [-0.39, 0.29) is 0 Å². The van der Waals surface area contributed by atoms with Gasteiger partial charge in [0.15, 0.2) is 0 Å². The number of nitrogens with zero attached hydrogens (tertiary/aromatic N) is 2. The number of likely N-dealkylation sites (tertiary alicyclic amines) is 1. The van der Waals surface area contributed by atoms with Gasteiger partial charge < -0.3 is 5.32 Å². The lowest BCUT2D eigenvalue weighted by Crippen LogP contribution is -2.45. The molecule has 1 saturated heterocycles.